The third kappa shape index (κ3) is 5.31. The highest BCUT2D eigenvalue weighted by Crippen LogP contribution is 2.34. The molecule has 5 nitrogen and oxygen atoms in total. The smallest absolute Gasteiger partial charge is 0.338 e. The fraction of sp³-hybridized carbons (Fsp3) is 0.182. The number of esters is 2. The van der Waals surface area contributed by atoms with E-state index >= 15 is 0 Å². The molecule has 0 radical (unpaired) electrons. The number of rotatable bonds is 7. The van der Waals surface area contributed by atoms with E-state index in [9.17, 15) is 9.59 Å². The summed E-state index contributed by atoms with van der Waals surface area (Å²) < 4.78 is 16.1. The molecule has 0 heterocycles. The van der Waals surface area contributed by atoms with Crippen LogP contribution in [0, 0.1) is 0 Å². The predicted octanol–water partition coefficient (Wildman–Crippen LogP) is 4.72. The van der Waals surface area contributed by atoms with Crippen molar-refractivity contribution in [2.75, 3.05) is 6.61 Å². The maximum atomic E-state index is 11.7. The van der Waals surface area contributed by atoms with Gasteiger partial charge in [-0.1, -0.05) is 25.3 Å². The maximum absolute atomic E-state index is 11.7. The fourth-order valence-corrected chi connectivity index (χ4v) is 2.17. The second kappa shape index (κ2) is 8.85. The van der Waals surface area contributed by atoms with Gasteiger partial charge in [-0.2, -0.15) is 0 Å². The Morgan fingerprint density at radius 3 is 1.89 bits per heavy atom. The molecule has 0 aliphatic carbocycles. The molecule has 27 heavy (non-hydrogen) atoms. The van der Waals surface area contributed by atoms with Gasteiger partial charge in [-0.3, -0.25) is 0 Å². The van der Waals surface area contributed by atoms with Crippen LogP contribution in [0.3, 0.4) is 0 Å². The summed E-state index contributed by atoms with van der Waals surface area (Å²) in [5, 5.41) is 0. The van der Waals surface area contributed by atoms with Crippen LogP contribution in [0.1, 0.15) is 20.8 Å². The average Bonchev–Trinajstić information content (AvgIpc) is 2.63. The van der Waals surface area contributed by atoms with Gasteiger partial charge in [-0.05, 0) is 50.6 Å². The largest absolute Gasteiger partial charge is 0.493 e. The predicted molar refractivity (Wildman–Crippen MR) is 104 cm³/mol. The summed E-state index contributed by atoms with van der Waals surface area (Å²) in [6, 6.07) is 12.2. The summed E-state index contributed by atoms with van der Waals surface area (Å²) in [6.07, 6.45) is 0. The number of carbonyl (C=O) groups is 2. The Morgan fingerprint density at radius 2 is 1.37 bits per heavy atom. The van der Waals surface area contributed by atoms with Crippen LogP contribution < -0.4 is 14.2 Å². The highest BCUT2D eigenvalue weighted by atomic mass is 16.5. The molecule has 140 valence electrons. The quantitative estimate of drug-likeness (QED) is 0.403. The van der Waals surface area contributed by atoms with E-state index in [4.69, 9.17) is 14.2 Å². The van der Waals surface area contributed by atoms with Crippen LogP contribution in [0.5, 0.6) is 17.2 Å². The molecule has 0 bridgehead atoms. The zero-order valence-electron chi connectivity index (χ0n) is 15.7. The zero-order valence-corrected chi connectivity index (χ0v) is 15.7. The van der Waals surface area contributed by atoms with Crippen LogP contribution in [-0.2, 0) is 9.59 Å². The third-order valence-electron chi connectivity index (χ3n) is 3.54. The first kappa shape index (κ1) is 20.0. The first-order valence-electron chi connectivity index (χ1n) is 8.44. The van der Waals surface area contributed by atoms with Crippen molar-refractivity contribution in [3.05, 3.63) is 66.8 Å². The summed E-state index contributed by atoms with van der Waals surface area (Å²) in [6.45, 7) is 12.6. The molecule has 2 rings (SSSR count). The van der Waals surface area contributed by atoms with E-state index in [1.807, 2.05) is 19.1 Å². The van der Waals surface area contributed by atoms with Crippen LogP contribution in [0.2, 0.25) is 0 Å². The lowest BCUT2D eigenvalue weighted by Gasteiger charge is -2.13. The van der Waals surface area contributed by atoms with Gasteiger partial charge in [-0.15, -0.1) is 0 Å². The molecule has 2 aromatic carbocycles. The number of hydrogen-bond donors (Lipinski definition) is 0. The van der Waals surface area contributed by atoms with Crippen LogP contribution >= 0.6 is 0 Å². The second-order valence-electron chi connectivity index (χ2n) is 5.96. The summed E-state index contributed by atoms with van der Waals surface area (Å²) in [5.41, 5.74) is 2.34. The molecule has 0 atom stereocenters. The van der Waals surface area contributed by atoms with Crippen LogP contribution in [0.4, 0.5) is 0 Å². The normalized spacial score (nSPS) is 10.0. The van der Waals surface area contributed by atoms with Gasteiger partial charge >= 0.3 is 11.9 Å². The molecule has 0 spiro atoms. The minimum Gasteiger partial charge on any atom is -0.493 e. The highest BCUT2D eigenvalue weighted by Gasteiger charge is 2.12. The van der Waals surface area contributed by atoms with E-state index in [2.05, 4.69) is 13.2 Å². The fourth-order valence-electron chi connectivity index (χ4n) is 2.17. The second-order valence-corrected chi connectivity index (χ2v) is 5.96. The molecule has 0 N–H and O–H groups in total. The molecule has 0 aromatic heterocycles. The minimum atomic E-state index is -0.492. The van der Waals surface area contributed by atoms with Crippen molar-refractivity contribution in [3.8, 4) is 28.4 Å². The molecule has 0 amide bonds. The Labute approximate surface area is 158 Å². The van der Waals surface area contributed by atoms with Gasteiger partial charge in [0.2, 0.25) is 0 Å². The Hall–Kier alpha value is -3.34. The van der Waals surface area contributed by atoms with E-state index in [0.717, 1.165) is 11.1 Å². The van der Waals surface area contributed by atoms with Gasteiger partial charge in [0.25, 0.3) is 0 Å². The maximum Gasteiger partial charge on any atom is 0.338 e. The van der Waals surface area contributed by atoms with Gasteiger partial charge in [0.1, 0.15) is 17.2 Å². The van der Waals surface area contributed by atoms with Crippen molar-refractivity contribution in [2.24, 2.45) is 0 Å². The molecule has 0 aliphatic heterocycles. The molecule has 0 saturated carbocycles. The monoisotopic (exact) mass is 366 g/mol. The number of hydrogen-bond acceptors (Lipinski definition) is 5. The van der Waals surface area contributed by atoms with Gasteiger partial charge in [-0.25, -0.2) is 9.59 Å². The van der Waals surface area contributed by atoms with Gasteiger partial charge in [0.15, 0.2) is 0 Å². The van der Waals surface area contributed by atoms with E-state index in [-0.39, 0.29) is 0 Å². The Balaban J connectivity index is 2.28. The molecule has 2 aromatic rings. The minimum absolute atomic E-state index is 0.317. The van der Waals surface area contributed by atoms with Crippen LogP contribution in [0.25, 0.3) is 11.1 Å². The van der Waals surface area contributed by atoms with Crippen molar-refractivity contribution in [1.82, 2.24) is 0 Å². The summed E-state index contributed by atoms with van der Waals surface area (Å²) >= 11 is 0. The molecule has 0 unspecified atom stereocenters. The van der Waals surface area contributed by atoms with Gasteiger partial charge < -0.3 is 14.2 Å². The molecule has 5 heteroatoms. The van der Waals surface area contributed by atoms with Crippen LogP contribution in [0.15, 0.2) is 66.8 Å². The van der Waals surface area contributed by atoms with Crippen molar-refractivity contribution in [1.29, 1.82) is 0 Å². The number of benzene rings is 2. The topological polar surface area (TPSA) is 61.8 Å². The Bertz CT molecular complexity index is 878. The molecular weight excluding hydrogens is 344 g/mol. The highest BCUT2D eigenvalue weighted by molar-refractivity contribution is 5.89. The third-order valence-corrected chi connectivity index (χ3v) is 3.54. The van der Waals surface area contributed by atoms with E-state index in [1.54, 1.807) is 44.2 Å². The van der Waals surface area contributed by atoms with E-state index in [0.29, 0.717) is 35.0 Å². The molecule has 0 saturated heterocycles. The lowest BCUT2D eigenvalue weighted by molar-refractivity contribution is -0.130. The molecule has 0 fully saturated rings. The average molecular weight is 366 g/mol. The van der Waals surface area contributed by atoms with Crippen molar-refractivity contribution < 1.29 is 23.8 Å². The van der Waals surface area contributed by atoms with Crippen molar-refractivity contribution >= 4 is 11.9 Å². The standard InChI is InChI=1S/C22H22O5/c1-6-25-20-13-18(27-22(24)15(4)5)11-12-19(20)16-7-9-17(10-8-16)26-21(23)14(2)3/h7-13H,2,4,6H2,1,3,5H3. The summed E-state index contributed by atoms with van der Waals surface area (Å²) in [7, 11) is 0. The number of ether oxygens (including phenoxy) is 3. The molecular formula is C22H22O5. The first-order valence-corrected chi connectivity index (χ1v) is 8.44. The lowest BCUT2D eigenvalue weighted by atomic mass is 10.0. The van der Waals surface area contributed by atoms with Crippen molar-refractivity contribution in [3.63, 3.8) is 0 Å². The zero-order chi connectivity index (χ0) is 20.0. The Morgan fingerprint density at radius 1 is 0.852 bits per heavy atom. The van der Waals surface area contributed by atoms with E-state index < -0.39 is 11.9 Å². The Kier molecular flexibility index (Phi) is 6.55. The summed E-state index contributed by atoms with van der Waals surface area (Å²) in [4.78, 5) is 23.3. The first-order chi connectivity index (χ1) is 12.8. The van der Waals surface area contributed by atoms with Crippen molar-refractivity contribution in [2.45, 2.75) is 20.8 Å². The van der Waals surface area contributed by atoms with E-state index in [1.165, 1.54) is 0 Å². The van der Waals surface area contributed by atoms with Crippen LogP contribution in [-0.4, -0.2) is 18.5 Å². The lowest BCUT2D eigenvalue weighted by Crippen LogP contribution is -2.08. The van der Waals surface area contributed by atoms with Gasteiger partial charge in [0.05, 0.1) is 6.61 Å². The molecule has 0 aliphatic rings. The van der Waals surface area contributed by atoms with Gasteiger partial charge in [0, 0.05) is 22.8 Å². The number of carbonyl (C=O) groups excluding carboxylic acids is 2. The summed E-state index contributed by atoms with van der Waals surface area (Å²) in [5.74, 6) is 0.422. The SMILES string of the molecule is C=C(C)C(=O)Oc1ccc(-c2ccc(OC(=O)C(=C)C)cc2OCC)cc1.